The van der Waals surface area contributed by atoms with Gasteiger partial charge in [-0.15, -0.1) is 0 Å². The van der Waals surface area contributed by atoms with Crippen molar-refractivity contribution in [3.8, 4) is 17.6 Å². The van der Waals surface area contributed by atoms with Crippen molar-refractivity contribution in [2.24, 2.45) is 0 Å². The van der Waals surface area contributed by atoms with Gasteiger partial charge in [0.1, 0.15) is 60.3 Å². The van der Waals surface area contributed by atoms with Crippen LogP contribution >= 0.6 is 16.3 Å². The minimum Gasteiger partial charge on any atom is -0.497 e. The predicted octanol–water partition coefficient (Wildman–Crippen LogP) is 8.95. The van der Waals surface area contributed by atoms with Crippen LogP contribution in [0.2, 0.25) is 0 Å². The first-order valence-corrected chi connectivity index (χ1v) is 33.6. The van der Waals surface area contributed by atoms with Crippen molar-refractivity contribution in [3.05, 3.63) is 141 Å². The van der Waals surface area contributed by atoms with Gasteiger partial charge in [0.2, 0.25) is 0 Å². The lowest BCUT2D eigenvalue weighted by Gasteiger charge is -2.37. The van der Waals surface area contributed by atoms with Gasteiger partial charge in [0, 0.05) is 42.7 Å². The Labute approximate surface area is 538 Å². The second-order valence-electron chi connectivity index (χ2n) is 23.4. The van der Waals surface area contributed by atoms with Crippen LogP contribution in [0.15, 0.2) is 107 Å². The Morgan fingerprint density at radius 1 is 0.860 bits per heavy atom. The van der Waals surface area contributed by atoms with Crippen LogP contribution in [0.5, 0.6) is 11.5 Å². The van der Waals surface area contributed by atoms with Crippen LogP contribution in [0, 0.1) is 11.3 Å². The number of H-pyrrole nitrogens is 1. The molecule has 1 aliphatic carbocycles. The number of hydrogen-bond acceptors (Lipinski definition) is 22. The fourth-order valence-corrected chi connectivity index (χ4v) is 15.2. The highest BCUT2D eigenvalue weighted by Gasteiger charge is 2.49. The van der Waals surface area contributed by atoms with E-state index in [9.17, 15) is 29.2 Å². The Balaban J connectivity index is 0.971. The summed E-state index contributed by atoms with van der Waals surface area (Å²) < 4.78 is 91.1. The fourth-order valence-electron chi connectivity index (χ4n) is 12.0. The van der Waals surface area contributed by atoms with Crippen molar-refractivity contribution in [2.45, 2.75) is 165 Å². The third-order valence-corrected chi connectivity index (χ3v) is 20.1. The van der Waals surface area contributed by atoms with E-state index in [0.717, 1.165) is 5.56 Å². The topological polar surface area (TPSA) is 340 Å². The maximum Gasteiger partial charge on any atom is 0.475 e. The van der Waals surface area contributed by atoms with E-state index >= 15 is 4.57 Å². The highest BCUT2D eigenvalue weighted by molar-refractivity contribution is 7.48. The quantitative estimate of drug-likeness (QED) is 0.0180. The van der Waals surface area contributed by atoms with E-state index in [0.29, 0.717) is 48.3 Å². The zero-order valence-corrected chi connectivity index (χ0v) is 54.3. The van der Waals surface area contributed by atoms with Crippen molar-refractivity contribution < 1.29 is 75.1 Å². The number of carbonyl (C=O) groups is 3. The molecule has 3 aromatic heterocycles. The van der Waals surface area contributed by atoms with Crippen LogP contribution in [0.4, 0.5) is 10.6 Å². The van der Waals surface area contributed by atoms with Gasteiger partial charge in [0.15, 0.2) is 17.0 Å². The summed E-state index contributed by atoms with van der Waals surface area (Å²) in [6.45, 7) is 7.15. The number of carboxylic acids is 1. The van der Waals surface area contributed by atoms with Gasteiger partial charge in [-0.25, -0.2) is 33.8 Å². The molecule has 10 rings (SSSR count). The molecule has 6 heterocycles. The van der Waals surface area contributed by atoms with E-state index in [-0.39, 0.29) is 105 Å². The number of nitriles is 1. The number of carboxylic acid groups (broad SMARTS) is 1. The first-order chi connectivity index (χ1) is 44.9. The number of urea groups is 1. The minimum atomic E-state index is -4.77. The molecule has 2 unspecified atom stereocenters. The minimum absolute atomic E-state index is 0.0349. The van der Waals surface area contributed by atoms with Gasteiger partial charge in [-0.2, -0.15) is 5.26 Å². The molecule has 4 aliphatic rings. The number of aromatic nitrogens is 6. The number of fused-ring (bicyclic) bond motifs is 6. The van der Waals surface area contributed by atoms with E-state index in [1.54, 1.807) is 18.8 Å². The molecule has 3 aliphatic heterocycles. The third-order valence-electron chi connectivity index (χ3n) is 16.5. The lowest BCUT2D eigenvalue weighted by atomic mass is 9.80. The fraction of sp³-hybridized carbons (Fsp3) is 0.508. The number of ether oxygens (including phenoxy) is 6. The maximum atomic E-state index is 15.8. The third kappa shape index (κ3) is 16.5. The van der Waals surface area contributed by atoms with Gasteiger partial charge < -0.3 is 47.9 Å². The number of amides is 2. The van der Waals surface area contributed by atoms with Crippen molar-refractivity contribution in [3.63, 3.8) is 0 Å². The summed E-state index contributed by atoms with van der Waals surface area (Å²) in [6.07, 6.45) is -0.504. The van der Waals surface area contributed by atoms with Gasteiger partial charge in [-0.05, 0) is 107 Å². The van der Waals surface area contributed by atoms with Crippen LogP contribution in [0.1, 0.15) is 127 Å². The molecule has 28 nitrogen and oxygen atoms in total. The Bertz CT molecular complexity index is 3680. The van der Waals surface area contributed by atoms with E-state index in [2.05, 4.69) is 36.6 Å². The molecule has 2 saturated heterocycles. The first-order valence-electron chi connectivity index (χ1n) is 31.0. The van der Waals surface area contributed by atoms with Crippen LogP contribution < -0.4 is 31.4 Å². The van der Waals surface area contributed by atoms with E-state index < -0.39 is 101 Å². The average Bonchev–Trinajstić information content (AvgIpc) is 1.49. The van der Waals surface area contributed by atoms with E-state index in [4.69, 9.17) is 56.1 Å². The van der Waals surface area contributed by atoms with Crippen molar-refractivity contribution in [1.29, 1.82) is 5.26 Å². The van der Waals surface area contributed by atoms with Crippen molar-refractivity contribution in [2.75, 3.05) is 46.0 Å². The summed E-state index contributed by atoms with van der Waals surface area (Å²) >= 11 is 0. The number of imidazole rings is 1. The number of nitrogens with zero attached hydrogens (tertiary/aromatic N) is 7. The number of phosphoric ester groups is 1. The molecule has 93 heavy (non-hydrogen) atoms. The van der Waals surface area contributed by atoms with Crippen LogP contribution in [-0.4, -0.2) is 146 Å². The molecule has 4 bridgehead atoms. The average molecular weight is 1330 g/mol. The molecule has 0 radical (unpaired) electrons. The number of anilines is 1. The molecule has 1 saturated carbocycles. The first kappa shape index (κ1) is 68.4. The van der Waals surface area contributed by atoms with Crippen molar-refractivity contribution >= 4 is 51.3 Å². The summed E-state index contributed by atoms with van der Waals surface area (Å²) in [6, 6.07) is 25.8. The maximum absolute atomic E-state index is 15.8. The molecule has 3 fully saturated rings. The Morgan fingerprint density at radius 3 is 2.18 bits per heavy atom. The molecule has 6 aromatic rings. The Morgan fingerprint density at radius 2 is 1.53 bits per heavy atom. The molecular formula is C63H78N10O18P2. The largest absolute Gasteiger partial charge is 0.497 e. The van der Waals surface area contributed by atoms with E-state index in [1.807, 2.05) is 111 Å². The van der Waals surface area contributed by atoms with Crippen LogP contribution in [0.25, 0.3) is 11.2 Å². The predicted molar refractivity (Wildman–Crippen MR) is 336 cm³/mol. The molecule has 3 aromatic carbocycles. The molecule has 4 N–H and O–H groups in total. The smallest absolute Gasteiger partial charge is 0.475 e. The number of aryl methyl sites for hydroxylation is 1. The van der Waals surface area contributed by atoms with Gasteiger partial charge in [-0.1, -0.05) is 54.6 Å². The standard InChI is InChI=1S/C63H78N10O18P2/c1-39(2)73(40(3)4)92(84-30-11-29-64)90-49-32-53-71-34-41(60(77)70-62(71)79)12-10-31-85-93(80,86-36-52(49)89-53)91-50-33-54(72-38-67-57-58(65-37-66-59(57)72)69-61(78)68-45-19-25-48(26-20-45)87-56(76)28-27-55(74)75)88-51(50)35-83-63(42-13-8-7-9-14-42,43-15-21-46(81-5)22-16-43)44-17-23-47(82-6)24-18-44/h7-9,13-18,21-24,34,37-40,45,48-54H,10-12,19-20,25-28,30-33,35-36H2,1-6H3,(H,74,75)(H,70,77,79)(H2,65,66,68,69,78)/t45?,48?,49-,50-,51+,52+,53+,54+,92?,93?/m0/s1. The van der Waals surface area contributed by atoms with Crippen molar-refractivity contribution in [1.82, 2.24) is 39.1 Å². The highest BCUT2D eigenvalue weighted by atomic mass is 31.2. The van der Waals surface area contributed by atoms with Crippen LogP contribution in [-0.2, 0) is 67.7 Å². The number of rotatable bonds is 25. The molecule has 498 valence electrons. The summed E-state index contributed by atoms with van der Waals surface area (Å²) in [5.41, 5.74) is 0.230. The number of nitrogens with one attached hydrogen (secondary N) is 3. The summed E-state index contributed by atoms with van der Waals surface area (Å²) in [5.74, 6) is -0.364. The SMILES string of the molecule is COc1ccc(C(OC[C@H]2O[C@@H](n3cnc4c(NC(=O)NC5CCC(OC(=O)CCC(=O)O)CC5)ncnc43)C[C@@H]2OP2(=O)OCCCc3cn(c(=O)[nH]c3=O)[C@H]3C[C@H](OP(OCCC#N)N(C(C)C)C(C)C)[C@@H](CO2)O3)(c2ccccc2)c2ccc(OC)cc2)cc1. The molecule has 0 spiro atoms. The number of benzene rings is 3. The number of aliphatic carboxylic acids is 1. The normalized spacial score (nSPS) is 23.7. The van der Waals surface area contributed by atoms with Gasteiger partial charge in [0.25, 0.3) is 14.1 Å². The number of phosphoric acid groups is 1. The molecule has 8 atom stereocenters. The second-order valence-corrected chi connectivity index (χ2v) is 26.4. The highest BCUT2D eigenvalue weighted by Crippen LogP contribution is 2.56. The zero-order valence-electron chi connectivity index (χ0n) is 52.5. The Hall–Kier alpha value is -7.51. The number of methoxy groups -OCH3 is 2. The van der Waals surface area contributed by atoms with Gasteiger partial charge in [0.05, 0.1) is 78.4 Å². The summed E-state index contributed by atoms with van der Waals surface area (Å²) in [4.78, 5) is 79.7. The number of carbonyl (C=O) groups excluding carboxylic acids is 2. The summed E-state index contributed by atoms with van der Waals surface area (Å²) in [5, 5.41) is 24.2. The van der Waals surface area contributed by atoms with Crippen LogP contribution in [0.3, 0.4) is 0 Å². The lowest BCUT2D eigenvalue weighted by Crippen LogP contribution is -2.41. The van der Waals surface area contributed by atoms with E-state index in [1.165, 1.54) is 23.4 Å². The molecule has 30 heteroatoms. The second kappa shape index (κ2) is 31.2. The van der Waals surface area contributed by atoms with Gasteiger partial charge >= 0.3 is 31.5 Å². The lowest BCUT2D eigenvalue weighted by molar-refractivity contribution is -0.153. The molecular weight excluding hydrogens is 1250 g/mol. The Kier molecular flexibility index (Phi) is 22.9. The number of aromatic amines is 1. The summed E-state index contributed by atoms with van der Waals surface area (Å²) in [7, 11) is -3.48. The zero-order chi connectivity index (χ0) is 65.8. The number of hydrogen-bond donors (Lipinski definition) is 4. The monoisotopic (exact) mass is 1320 g/mol. The van der Waals surface area contributed by atoms with Gasteiger partial charge in [-0.3, -0.25) is 47.4 Å². The number of esters is 1. The molecule has 2 amide bonds.